The van der Waals surface area contributed by atoms with Crippen molar-refractivity contribution in [3.8, 4) is 6.07 Å². The van der Waals surface area contributed by atoms with Crippen molar-refractivity contribution in [2.45, 2.75) is 12.3 Å². The van der Waals surface area contributed by atoms with E-state index in [1.165, 1.54) is 6.07 Å². The maximum absolute atomic E-state index is 12.4. The van der Waals surface area contributed by atoms with Gasteiger partial charge < -0.3 is 0 Å². The normalized spacial score (nSPS) is 10.3. The van der Waals surface area contributed by atoms with E-state index in [-0.39, 0.29) is 17.1 Å². The molecule has 0 atom stereocenters. The molecule has 0 aliphatic heterocycles. The molecule has 0 N–H and O–H groups in total. The maximum atomic E-state index is 12.4. The van der Waals surface area contributed by atoms with Gasteiger partial charge in [0.15, 0.2) is 5.69 Å². The van der Waals surface area contributed by atoms with Crippen molar-refractivity contribution in [1.29, 1.82) is 5.26 Å². The molecule has 0 spiro atoms. The van der Waals surface area contributed by atoms with Gasteiger partial charge in [0.1, 0.15) is 11.8 Å². The number of hydrogen-bond donors (Lipinski definition) is 0. The lowest BCUT2D eigenvalue weighted by molar-refractivity contribution is 0.145. The molecule has 1 heterocycles. The van der Waals surface area contributed by atoms with Crippen LogP contribution < -0.4 is 0 Å². The second-order valence-electron chi connectivity index (χ2n) is 2.41. The van der Waals surface area contributed by atoms with Crippen LogP contribution in [-0.2, 0) is 5.88 Å². The van der Waals surface area contributed by atoms with Crippen LogP contribution in [0, 0.1) is 11.3 Å². The summed E-state index contributed by atoms with van der Waals surface area (Å²) in [6.45, 7) is 0. The third-order valence-electron chi connectivity index (χ3n) is 1.55. The number of halogens is 4. The van der Waals surface area contributed by atoms with E-state index in [1.807, 2.05) is 0 Å². The third kappa shape index (κ3) is 2.20. The molecule has 0 amide bonds. The molecule has 0 radical (unpaired) electrons. The topological polar surface area (TPSA) is 36.7 Å². The van der Waals surface area contributed by atoms with Crippen LogP contribution in [0.1, 0.15) is 23.4 Å². The largest absolute Gasteiger partial charge is 0.280 e. The molecule has 1 rings (SSSR count). The second-order valence-corrected chi connectivity index (χ2v) is 3.53. The Bertz CT molecular complexity index is 390. The van der Waals surface area contributed by atoms with E-state index < -0.39 is 12.1 Å². The molecule has 6 heteroatoms. The number of hydrogen-bond acceptors (Lipinski definition) is 2. The molecule has 14 heavy (non-hydrogen) atoms. The highest BCUT2D eigenvalue weighted by Crippen LogP contribution is 2.26. The van der Waals surface area contributed by atoms with Gasteiger partial charge in [0, 0.05) is 5.88 Å². The number of nitrogens with zero attached hydrogens (tertiary/aromatic N) is 2. The second kappa shape index (κ2) is 4.67. The highest BCUT2D eigenvalue weighted by molar-refractivity contribution is 9.10. The van der Waals surface area contributed by atoms with Crippen LogP contribution in [-0.4, -0.2) is 4.98 Å². The molecule has 0 aliphatic rings. The van der Waals surface area contributed by atoms with Gasteiger partial charge in [-0.3, -0.25) is 0 Å². The summed E-state index contributed by atoms with van der Waals surface area (Å²) in [6.07, 6.45) is -2.72. The Kier molecular flexibility index (Phi) is 3.78. The Morgan fingerprint density at radius 1 is 1.64 bits per heavy atom. The van der Waals surface area contributed by atoms with E-state index >= 15 is 0 Å². The fraction of sp³-hybridized carbons (Fsp3) is 0.250. The van der Waals surface area contributed by atoms with Gasteiger partial charge in [-0.05, 0) is 27.6 Å². The highest BCUT2D eigenvalue weighted by atomic mass is 79.9. The first-order valence-electron chi connectivity index (χ1n) is 3.53. The van der Waals surface area contributed by atoms with Crippen LogP contribution in [0.5, 0.6) is 0 Å². The Morgan fingerprint density at radius 3 is 2.71 bits per heavy atom. The van der Waals surface area contributed by atoms with Crippen molar-refractivity contribution in [3.63, 3.8) is 0 Å². The van der Waals surface area contributed by atoms with Gasteiger partial charge in [-0.2, -0.15) is 5.26 Å². The molecule has 0 saturated heterocycles. The monoisotopic (exact) mass is 280 g/mol. The van der Waals surface area contributed by atoms with Crippen LogP contribution in [0.3, 0.4) is 0 Å². The van der Waals surface area contributed by atoms with Crippen molar-refractivity contribution in [1.82, 2.24) is 4.98 Å². The fourth-order valence-electron chi connectivity index (χ4n) is 0.915. The molecule has 0 unspecified atom stereocenters. The van der Waals surface area contributed by atoms with Gasteiger partial charge in [0.05, 0.1) is 4.47 Å². The zero-order chi connectivity index (χ0) is 10.7. The molecule has 0 fully saturated rings. The first kappa shape index (κ1) is 11.3. The van der Waals surface area contributed by atoms with Gasteiger partial charge in [0.2, 0.25) is 0 Å². The summed E-state index contributed by atoms with van der Waals surface area (Å²) < 4.78 is 25.2. The van der Waals surface area contributed by atoms with E-state index in [2.05, 4.69) is 20.9 Å². The first-order chi connectivity index (χ1) is 6.60. The van der Waals surface area contributed by atoms with Crippen molar-refractivity contribution in [2.75, 3.05) is 0 Å². The van der Waals surface area contributed by atoms with Crippen LogP contribution in [0.4, 0.5) is 8.78 Å². The lowest BCUT2D eigenvalue weighted by atomic mass is 10.2. The summed E-state index contributed by atoms with van der Waals surface area (Å²) in [6, 6.07) is 3.10. The highest BCUT2D eigenvalue weighted by Gasteiger charge is 2.17. The zero-order valence-electron chi connectivity index (χ0n) is 6.77. The summed E-state index contributed by atoms with van der Waals surface area (Å²) in [5.74, 6) is -0.0585. The summed E-state index contributed by atoms with van der Waals surface area (Å²) in [4.78, 5) is 3.52. The van der Waals surface area contributed by atoms with Crippen molar-refractivity contribution < 1.29 is 8.78 Å². The van der Waals surface area contributed by atoms with E-state index in [9.17, 15) is 8.78 Å². The number of nitriles is 1. The summed E-state index contributed by atoms with van der Waals surface area (Å²) in [5.41, 5.74) is -0.263. The SMILES string of the molecule is N#Cc1nc(C(F)F)c(CCl)cc1Br. The summed E-state index contributed by atoms with van der Waals surface area (Å²) >= 11 is 8.51. The average molecular weight is 281 g/mol. The molecule has 1 aromatic heterocycles. The molecule has 74 valence electrons. The fourth-order valence-corrected chi connectivity index (χ4v) is 1.58. The number of pyridine rings is 1. The number of aromatic nitrogens is 1. The van der Waals surface area contributed by atoms with Crippen molar-refractivity contribution >= 4 is 27.5 Å². The average Bonchev–Trinajstić information content (AvgIpc) is 2.16. The Hall–Kier alpha value is -0.730. The lowest BCUT2D eigenvalue weighted by Crippen LogP contribution is -2.00. The van der Waals surface area contributed by atoms with E-state index in [0.29, 0.717) is 4.47 Å². The molecule has 2 nitrogen and oxygen atoms in total. The lowest BCUT2D eigenvalue weighted by Gasteiger charge is -2.06. The van der Waals surface area contributed by atoms with E-state index in [0.717, 1.165) is 0 Å². The minimum absolute atomic E-state index is 0.0585. The first-order valence-corrected chi connectivity index (χ1v) is 4.86. The molecule has 0 saturated carbocycles. The molecule has 1 aromatic rings. The van der Waals surface area contributed by atoms with Gasteiger partial charge in [-0.1, -0.05) is 0 Å². The zero-order valence-corrected chi connectivity index (χ0v) is 9.11. The van der Waals surface area contributed by atoms with E-state index in [4.69, 9.17) is 16.9 Å². The molecular formula is C8H4BrClF2N2. The minimum Gasteiger partial charge on any atom is -0.235 e. The Morgan fingerprint density at radius 2 is 2.29 bits per heavy atom. The third-order valence-corrected chi connectivity index (χ3v) is 2.44. The minimum atomic E-state index is -2.72. The summed E-state index contributed by atoms with van der Waals surface area (Å²) in [5, 5.41) is 8.57. The standard InChI is InChI=1S/C8H4BrClF2N2/c9-5-1-4(2-10)7(8(11)12)14-6(5)3-13/h1,8H,2H2. The van der Waals surface area contributed by atoms with Crippen LogP contribution >= 0.6 is 27.5 Å². The Balaban J connectivity index is 3.34. The maximum Gasteiger partial charge on any atom is 0.280 e. The molecule has 0 aromatic carbocycles. The molecular weight excluding hydrogens is 277 g/mol. The van der Waals surface area contributed by atoms with Gasteiger partial charge in [-0.15, -0.1) is 11.6 Å². The predicted molar refractivity (Wildman–Crippen MR) is 51.2 cm³/mol. The smallest absolute Gasteiger partial charge is 0.235 e. The number of rotatable bonds is 2. The van der Waals surface area contributed by atoms with E-state index in [1.54, 1.807) is 6.07 Å². The van der Waals surface area contributed by atoms with Crippen molar-refractivity contribution in [3.05, 3.63) is 27.5 Å². The number of alkyl halides is 3. The quantitative estimate of drug-likeness (QED) is 0.779. The van der Waals surface area contributed by atoms with Crippen LogP contribution in [0.2, 0.25) is 0 Å². The molecule has 0 bridgehead atoms. The summed E-state index contributed by atoms with van der Waals surface area (Å²) in [7, 11) is 0. The van der Waals surface area contributed by atoms with Gasteiger partial charge >= 0.3 is 0 Å². The molecule has 0 aliphatic carbocycles. The van der Waals surface area contributed by atoms with Gasteiger partial charge in [-0.25, -0.2) is 13.8 Å². The van der Waals surface area contributed by atoms with Crippen LogP contribution in [0.15, 0.2) is 10.5 Å². The van der Waals surface area contributed by atoms with Crippen molar-refractivity contribution in [2.24, 2.45) is 0 Å². The van der Waals surface area contributed by atoms with Gasteiger partial charge in [0.25, 0.3) is 6.43 Å². The Labute approximate surface area is 92.6 Å². The predicted octanol–water partition coefficient (Wildman–Crippen LogP) is 3.39. The van der Waals surface area contributed by atoms with Crippen LogP contribution in [0.25, 0.3) is 0 Å².